The predicted octanol–water partition coefficient (Wildman–Crippen LogP) is 5.16. The van der Waals surface area contributed by atoms with Crippen molar-refractivity contribution >= 4 is 28.5 Å². The van der Waals surface area contributed by atoms with E-state index in [0.29, 0.717) is 34.4 Å². The summed E-state index contributed by atoms with van der Waals surface area (Å²) in [5, 5.41) is 10.1. The number of benzene rings is 2. The van der Waals surface area contributed by atoms with Crippen LogP contribution in [-0.2, 0) is 0 Å². The summed E-state index contributed by atoms with van der Waals surface area (Å²) < 4.78 is 0. The topological polar surface area (TPSA) is 110 Å². The zero-order valence-corrected chi connectivity index (χ0v) is 23.5. The van der Waals surface area contributed by atoms with E-state index < -0.39 is 0 Å². The van der Waals surface area contributed by atoms with Gasteiger partial charge in [0.1, 0.15) is 5.69 Å². The fourth-order valence-corrected chi connectivity index (χ4v) is 6.26. The number of amides is 2. The number of carbonyl (C=O) groups is 2. The molecule has 2 aromatic carbocycles. The van der Waals surface area contributed by atoms with Gasteiger partial charge in [0.05, 0.1) is 22.9 Å². The highest BCUT2D eigenvalue weighted by Crippen LogP contribution is 2.29. The van der Waals surface area contributed by atoms with Crippen molar-refractivity contribution in [3.8, 4) is 11.5 Å². The van der Waals surface area contributed by atoms with E-state index in [1.165, 1.54) is 25.7 Å². The van der Waals surface area contributed by atoms with Crippen molar-refractivity contribution in [2.75, 3.05) is 31.5 Å². The third kappa shape index (κ3) is 5.13. The summed E-state index contributed by atoms with van der Waals surface area (Å²) in [6.45, 7) is 9.60. The number of rotatable bonds is 5. The molecule has 3 heterocycles. The summed E-state index contributed by atoms with van der Waals surface area (Å²) in [6.07, 6.45) is 6.77. The van der Waals surface area contributed by atoms with Crippen molar-refractivity contribution in [1.29, 1.82) is 0 Å². The van der Waals surface area contributed by atoms with E-state index in [-0.39, 0.29) is 11.8 Å². The number of hydrogen-bond donors (Lipinski definition) is 3. The standard InChI is InChI=1S/C31H37N7O2/c1-19-7-10-23(11-8-19)37-13-15-38(16-14-37)31(40)22-9-12-24-25(17-22)34-29(33-24)28-26(18-32-36-28)35-30(39)27-20(2)5-4-6-21(27)3/h4-6,9,12,17-19,23H,7-8,10-11,13-16H2,1-3H3,(H,32,36)(H,33,34)(H,35,39). The minimum atomic E-state index is -0.194. The van der Waals surface area contributed by atoms with Gasteiger partial charge in [-0.25, -0.2) is 4.98 Å². The minimum Gasteiger partial charge on any atom is -0.337 e. The van der Waals surface area contributed by atoms with Crippen molar-refractivity contribution in [2.24, 2.45) is 5.92 Å². The molecule has 0 radical (unpaired) electrons. The van der Waals surface area contributed by atoms with E-state index in [4.69, 9.17) is 4.98 Å². The molecule has 3 N–H and O–H groups in total. The van der Waals surface area contributed by atoms with Crippen LogP contribution in [0.2, 0.25) is 0 Å². The molecule has 0 atom stereocenters. The van der Waals surface area contributed by atoms with Gasteiger partial charge in [-0.1, -0.05) is 25.1 Å². The van der Waals surface area contributed by atoms with Crippen LogP contribution in [-0.4, -0.2) is 74.0 Å². The van der Waals surface area contributed by atoms with Crippen molar-refractivity contribution < 1.29 is 9.59 Å². The van der Waals surface area contributed by atoms with E-state index in [2.05, 4.69) is 32.3 Å². The van der Waals surface area contributed by atoms with Crippen LogP contribution in [0.5, 0.6) is 0 Å². The van der Waals surface area contributed by atoms with Gasteiger partial charge in [-0.15, -0.1) is 0 Å². The average molecular weight is 540 g/mol. The molecular formula is C31H37N7O2. The number of carbonyl (C=O) groups excluding carboxylic acids is 2. The van der Waals surface area contributed by atoms with Crippen LogP contribution in [0.15, 0.2) is 42.6 Å². The second kappa shape index (κ2) is 10.9. The maximum atomic E-state index is 13.4. The third-order valence-electron chi connectivity index (χ3n) is 8.66. The number of H-pyrrole nitrogens is 2. The highest BCUT2D eigenvalue weighted by Gasteiger charge is 2.29. The molecule has 9 heteroatoms. The Hall–Kier alpha value is -3.98. The second-order valence-electron chi connectivity index (χ2n) is 11.4. The fourth-order valence-electron chi connectivity index (χ4n) is 6.26. The van der Waals surface area contributed by atoms with Gasteiger partial charge in [0.25, 0.3) is 11.8 Å². The zero-order valence-electron chi connectivity index (χ0n) is 23.5. The van der Waals surface area contributed by atoms with Crippen molar-refractivity contribution in [3.05, 3.63) is 64.8 Å². The molecule has 208 valence electrons. The smallest absolute Gasteiger partial charge is 0.256 e. The number of anilines is 1. The van der Waals surface area contributed by atoms with Gasteiger partial charge in [-0.3, -0.25) is 19.6 Å². The molecule has 1 saturated heterocycles. The Bertz CT molecular complexity index is 1520. The van der Waals surface area contributed by atoms with E-state index in [0.717, 1.165) is 54.3 Å². The number of piperazine rings is 1. The highest BCUT2D eigenvalue weighted by molar-refractivity contribution is 6.07. The Morgan fingerprint density at radius 1 is 0.975 bits per heavy atom. The second-order valence-corrected chi connectivity index (χ2v) is 11.4. The van der Waals surface area contributed by atoms with Crippen LogP contribution in [0, 0.1) is 19.8 Å². The Balaban J connectivity index is 1.15. The van der Waals surface area contributed by atoms with E-state index in [1.54, 1.807) is 6.20 Å². The number of nitrogens with zero attached hydrogens (tertiary/aromatic N) is 4. The maximum absolute atomic E-state index is 13.4. The first-order valence-electron chi connectivity index (χ1n) is 14.3. The Kier molecular flexibility index (Phi) is 7.14. The average Bonchev–Trinajstić information content (AvgIpc) is 3.59. The largest absolute Gasteiger partial charge is 0.337 e. The zero-order chi connectivity index (χ0) is 27.8. The normalized spacial score (nSPS) is 20.1. The summed E-state index contributed by atoms with van der Waals surface area (Å²) in [7, 11) is 0. The molecule has 40 heavy (non-hydrogen) atoms. The molecule has 0 spiro atoms. The molecule has 2 aromatic heterocycles. The first kappa shape index (κ1) is 26.3. The summed E-state index contributed by atoms with van der Waals surface area (Å²) in [6, 6.07) is 12.0. The summed E-state index contributed by atoms with van der Waals surface area (Å²) in [4.78, 5) is 39.0. The van der Waals surface area contributed by atoms with Crippen LogP contribution in [0.4, 0.5) is 5.69 Å². The number of fused-ring (bicyclic) bond motifs is 1. The molecule has 4 aromatic rings. The van der Waals surface area contributed by atoms with Crippen LogP contribution < -0.4 is 5.32 Å². The minimum absolute atomic E-state index is 0.0538. The molecule has 2 amide bonds. The quantitative estimate of drug-likeness (QED) is 0.325. The van der Waals surface area contributed by atoms with Gasteiger partial charge in [0, 0.05) is 43.3 Å². The third-order valence-corrected chi connectivity index (χ3v) is 8.66. The van der Waals surface area contributed by atoms with Crippen molar-refractivity contribution in [3.63, 3.8) is 0 Å². The van der Waals surface area contributed by atoms with Crippen LogP contribution in [0.1, 0.15) is 64.4 Å². The number of aromatic amines is 2. The number of aromatic nitrogens is 4. The van der Waals surface area contributed by atoms with Gasteiger partial charge >= 0.3 is 0 Å². The van der Waals surface area contributed by atoms with Crippen LogP contribution >= 0.6 is 0 Å². The first-order chi connectivity index (χ1) is 19.4. The van der Waals surface area contributed by atoms with Gasteiger partial charge in [-0.2, -0.15) is 5.10 Å². The Morgan fingerprint density at radius 3 is 2.42 bits per heavy atom. The van der Waals surface area contributed by atoms with Crippen molar-refractivity contribution in [2.45, 2.75) is 52.5 Å². The monoisotopic (exact) mass is 539 g/mol. The summed E-state index contributed by atoms with van der Waals surface area (Å²) >= 11 is 0. The fraction of sp³-hybridized carbons (Fsp3) is 0.419. The molecule has 1 saturated carbocycles. The SMILES string of the molecule is Cc1cccc(C)c1C(=O)Nc1cn[nH]c1-c1nc2ccc(C(=O)N3CCN(C4CCC(C)CC4)CC3)cc2[nH]1. The molecule has 0 unspecified atom stereocenters. The molecule has 6 rings (SSSR count). The van der Waals surface area contributed by atoms with Gasteiger partial charge in [0.15, 0.2) is 5.82 Å². The van der Waals surface area contributed by atoms with E-state index in [1.807, 2.05) is 55.1 Å². The number of hydrogen-bond acceptors (Lipinski definition) is 5. The summed E-state index contributed by atoms with van der Waals surface area (Å²) in [5.74, 6) is 1.25. The Labute approximate surface area is 234 Å². The van der Waals surface area contributed by atoms with Gasteiger partial charge in [-0.05, 0) is 74.8 Å². The van der Waals surface area contributed by atoms with E-state index in [9.17, 15) is 9.59 Å². The predicted molar refractivity (Wildman–Crippen MR) is 156 cm³/mol. The molecule has 2 aliphatic rings. The maximum Gasteiger partial charge on any atom is 0.256 e. The number of nitrogens with one attached hydrogen (secondary N) is 3. The Morgan fingerprint density at radius 2 is 1.70 bits per heavy atom. The lowest BCUT2D eigenvalue weighted by molar-refractivity contribution is 0.0501. The number of imidazole rings is 1. The van der Waals surface area contributed by atoms with Crippen LogP contribution in [0.3, 0.4) is 0 Å². The lowest BCUT2D eigenvalue weighted by Crippen LogP contribution is -2.52. The van der Waals surface area contributed by atoms with Crippen molar-refractivity contribution in [1.82, 2.24) is 30.0 Å². The molecule has 2 fully saturated rings. The lowest BCUT2D eigenvalue weighted by atomic mass is 9.86. The highest BCUT2D eigenvalue weighted by atomic mass is 16.2. The number of aryl methyl sites for hydroxylation is 2. The molecule has 1 aliphatic heterocycles. The van der Waals surface area contributed by atoms with E-state index >= 15 is 0 Å². The van der Waals surface area contributed by atoms with Gasteiger partial charge in [0.2, 0.25) is 0 Å². The van der Waals surface area contributed by atoms with Gasteiger partial charge < -0.3 is 15.2 Å². The first-order valence-corrected chi connectivity index (χ1v) is 14.3. The molecule has 9 nitrogen and oxygen atoms in total. The molecule has 0 bridgehead atoms. The lowest BCUT2D eigenvalue weighted by Gasteiger charge is -2.41. The van der Waals surface area contributed by atoms with Crippen LogP contribution in [0.25, 0.3) is 22.6 Å². The molecule has 1 aliphatic carbocycles. The molecular weight excluding hydrogens is 502 g/mol. The summed E-state index contributed by atoms with van der Waals surface area (Å²) in [5.41, 5.74) is 5.74.